The highest BCUT2D eigenvalue weighted by Crippen LogP contribution is 2.34. The first-order valence-corrected chi connectivity index (χ1v) is 8.02. The Balaban J connectivity index is 2.24. The van der Waals surface area contributed by atoms with Crippen LogP contribution in [0.2, 0.25) is 5.02 Å². The van der Waals surface area contributed by atoms with Crippen LogP contribution >= 0.6 is 11.6 Å². The fourth-order valence-electron chi connectivity index (χ4n) is 2.94. The van der Waals surface area contributed by atoms with Crippen LogP contribution in [-0.2, 0) is 11.3 Å². The van der Waals surface area contributed by atoms with Gasteiger partial charge in [0.25, 0.3) is 5.91 Å². The van der Waals surface area contributed by atoms with Crippen LogP contribution in [0.1, 0.15) is 36.7 Å². The highest BCUT2D eigenvalue weighted by molar-refractivity contribution is 6.30. The van der Waals surface area contributed by atoms with Gasteiger partial charge < -0.3 is 5.32 Å². The van der Waals surface area contributed by atoms with Gasteiger partial charge in [-0.05, 0) is 30.2 Å². The van der Waals surface area contributed by atoms with E-state index in [1.54, 1.807) is 18.2 Å². The number of carbonyl (C=O) groups is 3. The minimum atomic E-state index is -1.04. The van der Waals surface area contributed by atoms with Gasteiger partial charge in [-0.3, -0.25) is 19.8 Å². The molecule has 1 atom stereocenters. The van der Waals surface area contributed by atoms with Crippen LogP contribution in [-0.4, -0.2) is 42.3 Å². The smallest absolute Gasteiger partial charge is 0.322 e. The van der Waals surface area contributed by atoms with E-state index in [1.807, 2.05) is 32.7 Å². The van der Waals surface area contributed by atoms with Gasteiger partial charge in [-0.2, -0.15) is 0 Å². The summed E-state index contributed by atoms with van der Waals surface area (Å²) in [6.07, 6.45) is 0.763. The third-order valence-electron chi connectivity index (χ3n) is 4.40. The summed E-state index contributed by atoms with van der Waals surface area (Å²) in [6.45, 7) is 6.49. The van der Waals surface area contributed by atoms with Gasteiger partial charge in [0.2, 0.25) is 0 Å². The van der Waals surface area contributed by atoms with Crippen molar-refractivity contribution in [1.29, 1.82) is 0 Å². The maximum atomic E-state index is 12.4. The molecule has 0 spiro atoms. The molecule has 1 fully saturated rings. The Morgan fingerprint density at radius 1 is 1.29 bits per heavy atom. The molecule has 0 aromatic heterocycles. The number of hydrogen-bond donors (Lipinski definition) is 2. The molecule has 3 amide bonds. The third-order valence-corrected chi connectivity index (χ3v) is 4.64. The first-order chi connectivity index (χ1) is 11.1. The molecule has 2 N–H and O–H groups in total. The number of rotatable bonds is 5. The molecular weight excluding hydrogens is 330 g/mol. The van der Waals surface area contributed by atoms with Gasteiger partial charge in [-0.25, -0.2) is 4.79 Å². The molecule has 0 radical (unpaired) electrons. The van der Waals surface area contributed by atoms with E-state index in [1.165, 1.54) is 0 Å². The van der Waals surface area contributed by atoms with E-state index in [0.717, 1.165) is 11.8 Å². The number of hydrogen-bond acceptors (Lipinski definition) is 4. The molecule has 1 aromatic carbocycles. The van der Waals surface area contributed by atoms with E-state index < -0.39 is 17.0 Å². The quantitative estimate of drug-likeness (QED) is 0.629. The molecule has 130 valence electrons. The predicted molar refractivity (Wildman–Crippen MR) is 92.0 cm³/mol. The molecule has 1 aliphatic heterocycles. The van der Waals surface area contributed by atoms with Crippen molar-refractivity contribution in [2.75, 3.05) is 13.6 Å². The maximum absolute atomic E-state index is 12.4. The number of nitrogens with one attached hydrogen (secondary N) is 2. The number of likely N-dealkylation sites (N-methyl/N-ethyl adjacent to an activating group) is 1. The van der Waals surface area contributed by atoms with Crippen LogP contribution in [0, 0.1) is 5.41 Å². The highest BCUT2D eigenvalue weighted by Gasteiger charge is 2.54. The largest absolute Gasteiger partial charge is 0.322 e. The molecule has 1 aliphatic rings. The van der Waals surface area contributed by atoms with Crippen molar-refractivity contribution >= 4 is 29.8 Å². The van der Waals surface area contributed by atoms with Gasteiger partial charge in [0.1, 0.15) is 11.8 Å². The van der Waals surface area contributed by atoms with Gasteiger partial charge in [-0.15, -0.1) is 0 Å². The third kappa shape index (κ3) is 3.44. The molecule has 1 unspecified atom stereocenters. The lowest BCUT2D eigenvalue weighted by Gasteiger charge is -2.41. The highest BCUT2D eigenvalue weighted by atomic mass is 35.5. The van der Waals surface area contributed by atoms with E-state index in [4.69, 9.17) is 11.6 Å². The zero-order valence-electron chi connectivity index (χ0n) is 14.3. The molecule has 2 rings (SSSR count). The Labute approximate surface area is 146 Å². The number of imide groups is 1. The van der Waals surface area contributed by atoms with Crippen molar-refractivity contribution in [2.24, 2.45) is 5.41 Å². The summed E-state index contributed by atoms with van der Waals surface area (Å²) < 4.78 is 0. The molecule has 0 bridgehead atoms. The van der Waals surface area contributed by atoms with Gasteiger partial charge in [-0.1, -0.05) is 38.4 Å². The second-order valence-electron chi connectivity index (χ2n) is 7.20. The van der Waals surface area contributed by atoms with Crippen LogP contribution < -0.4 is 10.6 Å². The predicted octanol–water partition coefficient (Wildman–Crippen LogP) is 2.21. The number of amides is 3. The van der Waals surface area contributed by atoms with Crippen molar-refractivity contribution in [2.45, 2.75) is 32.9 Å². The van der Waals surface area contributed by atoms with Crippen molar-refractivity contribution in [3.8, 4) is 0 Å². The number of halogens is 1. The lowest BCUT2D eigenvalue weighted by atomic mass is 9.73. The molecule has 24 heavy (non-hydrogen) atoms. The molecule has 1 heterocycles. The summed E-state index contributed by atoms with van der Waals surface area (Å²) in [7, 11) is 1.84. The number of aldehydes is 1. The average Bonchev–Trinajstić information content (AvgIpc) is 2.75. The van der Waals surface area contributed by atoms with E-state index in [0.29, 0.717) is 23.7 Å². The minimum Gasteiger partial charge on any atom is -0.322 e. The second-order valence-corrected chi connectivity index (χ2v) is 7.63. The maximum Gasteiger partial charge on any atom is 0.322 e. The standard InChI is InChI=1S/C17H22ClN3O3/c1-16(2,3)17(14(23)19-15(24)20-17)10-21(4)8-11-5-6-13(18)7-12(11)9-22/h5-7,9H,8,10H2,1-4H3,(H2,19,20,23,24). The van der Waals surface area contributed by atoms with Crippen molar-refractivity contribution in [3.63, 3.8) is 0 Å². The topological polar surface area (TPSA) is 78.5 Å². The minimum absolute atomic E-state index is 0.314. The summed E-state index contributed by atoms with van der Waals surface area (Å²) in [5.74, 6) is -0.335. The van der Waals surface area contributed by atoms with Crippen LogP contribution in [0.4, 0.5) is 4.79 Å². The van der Waals surface area contributed by atoms with Gasteiger partial charge >= 0.3 is 6.03 Å². The lowest BCUT2D eigenvalue weighted by Crippen LogP contribution is -2.62. The Morgan fingerprint density at radius 2 is 1.96 bits per heavy atom. The molecule has 0 aliphatic carbocycles. The zero-order chi connectivity index (χ0) is 18.1. The Kier molecular flexibility index (Phi) is 5.01. The van der Waals surface area contributed by atoms with E-state index in [9.17, 15) is 14.4 Å². The van der Waals surface area contributed by atoms with E-state index in [2.05, 4.69) is 10.6 Å². The molecule has 6 nitrogen and oxygen atoms in total. The van der Waals surface area contributed by atoms with Gasteiger partial charge in [0.15, 0.2) is 0 Å². The Hall–Kier alpha value is -1.92. The molecule has 0 saturated carbocycles. The van der Waals surface area contributed by atoms with Gasteiger partial charge in [0.05, 0.1) is 0 Å². The first-order valence-electron chi connectivity index (χ1n) is 7.65. The van der Waals surface area contributed by atoms with E-state index in [-0.39, 0.29) is 5.91 Å². The van der Waals surface area contributed by atoms with Crippen molar-refractivity contribution < 1.29 is 14.4 Å². The lowest BCUT2D eigenvalue weighted by molar-refractivity contribution is -0.128. The summed E-state index contributed by atoms with van der Waals surface area (Å²) in [5.41, 5.74) is -0.192. The number of nitrogens with zero attached hydrogens (tertiary/aromatic N) is 1. The van der Waals surface area contributed by atoms with Crippen molar-refractivity contribution in [3.05, 3.63) is 34.3 Å². The summed E-state index contributed by atoms with van der Waals surface area (Å²) in [5, 5.41) is 5.60. The number of carbonyl (C=O) groups excluding carboxylic acids is 3. The molecular formula is C17H22ClN3O3. The van der Waals surface area contributed by atoms with Gasteiger partial charge in [0, 0.05) is 23.7 Å². The molecule has 1 saturated heterocycles. The Morgan fingerprint density at radius 3 is 2.46 bits per heavy atom. The normalized spacial score (nSPS) is 20.9. The van der Waals surface area contributed by atoms with Crippen LogP contribution in [0.25, 0.3) is 0 Å². The van der Waals surface area contributed by atoms with E-state index >= 15 is 0 Å². The number of urea groups is 1. The number of benzene rings is 1. The van der Waals surface area contributed by atoms with Crippen LogP contribution in [0.15, 0.2) is 18.2 Å². The summed E-state index contributed by atoms with van der Waals surface area (Å²) in [6, 6.07) is 4.64. The second kappa shape index (κ2) is 6.53. The van der Waals surface area contributed by atoms with Crippen LogP contribution in [0.5, 0.6) is 0 Å². The summed E-state index contributed by atoms with van der Waals surface area (Å²) in [4.78, 5) is 37.2. The fourth-order valence-corrected chi connectivity index (χ4v) is 3.12. The first kappa shape index (κ1) is 18.4. The zero-order valence-corrected chi connectivity index (χ0v) is 15.0. The van der Waals surface area contributed by atoms with Crippen LogP contribution in [0.3, 0.4) is 0 Å². The average molecular weight is 352 g/mol. The molecule has 1 aromatic rings. The summed E-state index contributed by atoms with van der Waals surface area (Å²) >= 11 is 5.91. The van der Waals surface area contributed by atoms with Crippen molar-refractivity contribution in [1.82, 2.24) is 15.5 Å². The SMILES string of the molecule is CN(Cc1ccc(Cl)cc1C=O)CC1(C(C)(C)C)NC(=O)NC1=O. The fraction of sp³-hybridized carbons (Fsp3) is 0.471. The Bertz CT molecular complexity index is 684. The molecule has 7 heteroatoms. The monoisotopic (exact) mass is 351 g/mol.